The van der Waals surface area contributed by atoms with Crippen LogP contribution in [0.25, 0.3) is 6.08 Å². The number of hydrogen-bond donors (Lipinski definition) is 1. The number of aliphatic carboxylic acids is 1. The lowest BCUT2D eigenvalue weighted by molar-refractivity contribution is -0.137. The van der Waals surface area contributed by atoms with E-state index in [1.165, 1.54) is 17.4 Å². The van der Waals surface area contributed by atoms with Gasteiger partial charge in [-0.3, -0.25) is 23.9 Å². The number of rotatable bonds is 17. The molecule has 1 N–H and O–H groups in total. The van der Waals surface area contributed by atoms with E-state index < -0.39 is 5.97 Å². The summed E-state index contributed by atoms with van der Waals surface area (Å²) in [5.74, 6) is -0.0741. The Morgan fingerprint density at radius 1 is 0.936 bits per heavy atom. The number of aromatic nitrogens is 1. The molecule has 47 heavy (non-hydrogen) atoms. The largest absolute Gasteiger partial charge is 0.481 e. The number of carbonyl (C=O) groups is 2. The number of carbonyl (C=O) groups excluding carboxylic acids is 1. The van der Waals surface area contributed by atoms with E-state index in [2.05, 4.69) is 34.9 Å². The zero-order valence-electron chi connectivity index (χ0n) is 27.7. The third-order valence-electron chi connectivity index (χ3n) is 8.95. The van der Waals surface area contributed by atoms with Crippen LogP contribution in [0.2, 0.25) is 0 Å². The van der Waals surface area contributed by atoms with Gasteiger partial charge in [-0.2, -0.15) is 5.26 Å². The van der Waals surface area contributed by atoms with E-state index in [0.29, 0.717) is 41.0 Å². The second-order valence-electron chi connectivity index (χ2n) is 12.3. The lowest BCUT2D eigenvalue weighted by Gasteiger charge is -2.39. The molecule has 4 rings (SSSR count). The third kappa shape index (κ3) is 9.48. The third-order valence-corrected chi connectivity index (χ3v) is 10.3. The maximum atomic E-state index is 13.7. The molecular formula is C36H47N5O4S2. The number of anilines is 2. The fraction of sp³-hybridized carbons (Fsp3) is 0.528. The van der Waals surface area contributed by atoms with Crippen molar-refractivity contribution in [1.29, 1.82) is 5.26 Å². The van der Waals surface area contributed by atoms with E-state index in [1.807, 2.05) is 31.2 Å². The molecule has 2 fully saturated rings. The van der Waals surface area contributed by atoms with Gasteiger partial charge >= 0.3 is 5.97 Å². The number of piperazine rings is 1. The van der Waals surface area contributed by atoms with Crippen LogP contribution in [0.3, 0.4) is 0 Å². The minimum Gasteiger partial charge on any atom is -0.481 e. The molecule has 2 saturated heterocycles. The Labute approximate surface area is 288 Å². The molecule has 9 nitrogen and oxygen atoms in total. The van der Waals surface area contributed by atoms with Gasteiger partial charge < -0.3 is 14.9 Å². The summed E-state index contributed by atoms with van der Waals surface area (Å²) in [5, 5.41) is 18.8. The van der Waals surface area contributed by atoms with Gasteiger partial charge in [0.25, 0.3) is 11.5 Å². The van der Waals surface area contributed by atoms with Crippen LogP contribution >= 0.6 is 24.0 Å². The number of nitriles is 1. The molecule has 0 unspecified atom stereocenters. The Balaban J connectivity index is 1.49. The SMILES string of the molecule is CCCCn1c(N2CCN(c3ccccc3)CC2)c(/C=C2/SC(=S)N(CCCCCCCCCCC(=O)O)C2=O)c(C)c(C#N)c1=O. The summed E-state index contributed by atoms with van der Waals surface area (Å²) >= 11 is 6.95. The molecule has 0 radical (unpaired) electrons. The van der Waals surface area contributed by atoms with E-state index in [0.717, 1.165) is 88.7 Å². The maximum Gasteiger partial charge on any atom is 0.303 e. The van der Waals surface area contributed by atoms with E-state index in [4.69, 9.17) is 17.3 Å². The fourth-order valence-electron chi connectivity index (χ4n) is 6.25. The van der Waals surface area contributed by atoms with Crippen LogP contribution < -0.4 is 15.4 Å². The second-order valence-corrected chi connectivity index (χ2v) is 14.0. The summed E-state index contributed by atoms with van der Waals surface area (Å²) < 4.78 is 2.29. The Hall–Kier alpha value is -3.62. The highest BCUT2D eigenvalue weighted by atomic mass is 32.2. The molecule has 2 aromatic rings. The van der Waals surface area contributed by atoms with Crippen molar-refractivity contribution in [3.05, 3.63) is 62.3 Å². The van der Waals surface area contributed by atoms with Crippen molar-refractivity contribution in [2.24, 2.45) is 0 Å². The monoisotopic (exact) mass is 677 g/mol. The average molecular weight is 678 g/mol. The zero-order chi connectivity index (χ0) is 33.8. The van der Waals surface area contributed by atoms with Crippen molar-refractivity contribution in [2.45, 2.75) is 91.0 Å². The molecule has 0 atom stereocenters. The highest BCUT2D eigenvalue weighted by Crippen LogP contribution is 2.36. The predicted molar refractivity (Wildman–Crippen MR) is 195 cm³/mol. The van der Waals surface area contributed by atoms with Crippen LogP contribution in [0.5, 0.6) is 0 Å². The molecule has 0 saturated carbocycles. The number of thiocarbonyl (C=S) groups is 1. The minimum absolute atomic E-state index is 0.122. The number of para-hydroxylation sites is 1. The van der Waals surface area contributed by atoms with Crippen LogP contribution in [0, 0.1) is 18.3 Å². The average Bonchev–Trinajstić information content (AvgIpc) is 3.34. The first-order valence-corrected chi connectivity index (χ1v) is 18.2. The van der Waals surface area contributed by atoms with E-state index in [1.54, 1.807) is 9.47 Å². The van der Waals surface area contributed by atoms with Crippen LogP contribution in [0.15, 0.2) is 40.0 Å². The molecular weight excluding hydrogens is 631 g/mol. The summed E-state index contributed by atoms with van der Waals surface area (Å²) in [4.78, 5) is 44.8. The number of hydrogen-bond acceptors (Lipinski definition) is 8. The Kier molecular flexibility index (Phi) is 13.9. The quantitative estimate of drug-likeness (QED) is 0.108. The van der Waals surface area contributed by atoms with Gasteiger partial charge in [0.1, 0.15) is 21.8 Å². The minimum atomic E-state index is -0.730. The second kappa shape index (κ2) is 18.1. The van der Waals surface area contributed by atoms with Crippen molar-refractivity contribution in [3.8, 4) is 6.07 Å². The molecule has 1 aromatic carbocycles. The molecule has 0 bridgehead atoms. The summed E-state index contributed by atoms with van der Waals surface area (Å²) in [6, 6.07) is 12.5. The molecule has 252 valence electrons. The van der Waals surface area contributed by atoms with Crippen molar-refractivity contribution >= 4 is 57.8 Å². The van der Waals surface area contributed by atoms with Gasteiger partial charge in [-0.25, -0.2) is 0 Å². The fourth-order valence-corrected chi connectivity index (χ4v) is 7.54. The highest BCUT2D eigenvalue weighted by Gasteiger charge is 2.33. The molecule has 1 aromatic heterocycles. The number of thioether (sulfide) groups is 1. The highest BCUT2D eigenvalue weighted by molar-refractivity contribution is 8.26. The first-order chi connectivity index (χ1) is 22.8. The number of carboxylic acid groups (broad SMARTS) is 1. The molecule has 11 heteroatoms. The molecule has 2 aliphatic rings. The Morgan fingerprint density at radius 3 is 2.17 bits per heavy atom. The number of benzene rings is 1. The van der Waals surface area contributed by atoms with E-state index in [9.17, 15) is 19.6 Å². The Morgan fingerprint density at radius 2 is 1.55 bits per heavy atom. The summed E-state index contributed by atoms with van der Waals surface area (Å²) in [5.41, 5.74) is 2.36. The van der Waals surface area contributed by atoms with Crippen molar-refractivity contribution in [3.63, 3.8) is 0 Å². The smallest absolute Gasteiger partial charge is 0.303 e. The van der Waals surface area contributed by atoms with Crippen molar-refractivity contribution in [2.75, 3.05) is 42.5 Å². The van der Waals surface area contributed by atoms with Gasteiger partial charge in [0.15, 0.2) is 0 Å². The number of unbranched alkanes of at least 4 members (excludes halogenated alkanes) is 8. The first-order valence-electron chi connectivity index (χ1n) is 17.0. The van der Waals surface area contributed by atoms with Gasteiger partial charge in [0, 0.05) is 56.9 Å². The number of carboxylic acids is 1. The topological polar surface area (TPSA) is 110 Å². The van der Waals surface area contributed by atoms with Gasteiger partial charge in [0.05, 0.1) is 4.91 Å². The van der Waals surface area contributed by atoms with Crippen LogP contribution in [0.1, 0.15) is 94.2 Å². The van der Waals surface area contributed by atoms with Crippen molar-refractivity contribution < 1.29 is 14.7 Å². The first kappa shape index (κ1) is 36.2. The van der Waals surface area contributed by atoms with Crippen LogP contribution in [-0.2, 0) is 16.1 Å². The lowest BCUT2D eigenvalue weighted by Crippen LogP contribution is -2.48. The lowest BCUT2D eigenvalue weighted by atomic mass is 10.0. The molecule has 3 heterocycles. The van der Waals surface area contributed by atoms with Crippen molar-refractivity contribution in [1.82, 2.24) is 9.47 Å². The molecule has 0 spiro atoms. The molecule has 2 aliphatic heterocycles. The van der Waals surface area contributed by atoms with Gasteiger partial charge in [-0.05, 0) is 50.0 Å². The zero-order valence-corrected chi connectivity index (χ0v) is 29.3. The van der Waals surface area contributed by atoms with Crippen LogP contribution in [-0.4, -0.2) is 63.5 Å². The standard InChI is InChI=1S/C36H47N5O4S2/c1-3-4-19-40-33(39-23-21-38(22-24-39)28-16-12-11-13-17-28)29(27(2)30(26-37)34(40)44)25-31-35(45)41(36(46)47-31)20-15-10-8-6-5-7-9-14-18-32(42)43/h11-13,16-17,25H,3-10,14-15,18-24H2,1-2H3,(H,42,43)/b31-25+. The summed E-state index contributed by atoms with van der Waals surface area (Å²) in [6.07, 6.45) is 11.7. The number of pyridine rings is 1. The Bertz CT molecular complexity index is 1540. The van der Waals surface area contributed by atoms with Gasteiger partial charge in [-0.1, -0.05) is 94.0 Å². The maximum absolute atomic E-state index is 13.7. The summed E-state index contributed by atoms with van der Waals surface area (Å²) in [7, 11) is 0. The normalized spacial score (nSPS) is 15.9. The van der Waals surface area contributed by atoms with E-state index in [-0.39, 0.29) is 23.5 Å². The summed E-state index contributed by atoms with van der Waals surface area (Å²) in [6.45, 7) is 7.95. The van der Waals surface area contributed by atoms with Gasteiger partial charge in [-0.15, -0.1) is 0 Å². The molecule has 1 amide bonds. The number of amides is 1. The van der Waals surface area contributed by atoms with Crippen LogP contribution in [0.4, 0.5) is 11.5 Å². The van der Waals surface area contributed by atoms with E-state index >= 15 is 0 Å². The number of nitrogens with zero attached hydrogens (tertiary/aromatic N) is 5. The van der Waals surface area contributed by atoms with Gasteiger partial charge in [0.2, 0.25) is 0 Å². The molecule has 0 aliphatic carbocycles. The predicted octanol–water partition coefficient (Wildman–Crippen LogP) is 6.95.